The molecule has 1 aromatic heterocycles. The van der Waals surface area contributed by atoms with E-state index < -0.39 is 0 Å². The summed E-state index contributed by atoms with van der Waals surface area (Å²) in [5, 5.41) is 0. The fourth-order valence-electron chi connectivity index (χ4n) is 1.14. The van der Waals surface area contributed by atoms with Gasteiger partial charge in [0.05, 0.1) is 0 Å². The van der Waals surface area contributed by atoms with E-state index in [1.54, 1.807) is 0 Å². The number of anilines is 1. The first kappa shape index (κ1) is 10.1. The highest BCUT2D eigenvalue weighted by Gasteiger charge is 2.08. The highest BCUT2D eigenvalue weighted by Crippen LogP contribution is 2.15. The Morgan fingerprint density at radius 3 is 2.69 bits per heavy atom. The number of likely N-dealkylation sites (N-methyl/N-ethyl adjacent to an activating group) is 1. The number of rotatable bonds is 4. The Morgan fingerprint density at radius 1 is 1.54 bits per heavy atom. The SMILES string of the molecule is Cc1ccc(N(C)CC(N)CN)o1. The van der Waals surface area contributed by atoms with E-state index in [2.05, 4.69) is 0 Å². The summed E-state index contributed by atoms with van der Waals surface area (Å²) < 4.78 is 5.42. The summed E-state index contributed by atoms with van der Waals surface area (Å²) >= 11 is 0. The van der Waals surface area contributed by atoms with Gasteiger partial charge in [-0.15, -0.1) is 0 Å². The average Bonchev–Trinajstić information content (AvgIpc) is 2.51. The first-order valence-electron chi connectivity index (χ1n) is 4.36. The van der Waals surface area contributed by atoms with Crippen LogP contribution < -0.4 is 16.4 Å². The van der Waals surface area contributed by atoms with Crippen molar-refractivity contribution in [1.82, 2.24) is 0 Å². The van der Waals surface area contributed by atoms with Gasteiger partial charge in [-0.2, -0.15) is 0 Å². The van der Waals surface area contributed by atoms with Crippen molar-refractivity contribution in [3.8, 4) is 0 Å². The second-order valence-electron chi connectivity index (χ2n) is 3.26. The molecule has 1 unspecified atom stereocenters. The predicted octanol–water partition coefficient (Wildman–Crippen LogP) is 0.310. The Kier molecular flexibility index (Phi) is 3.33. The highest BCUT2D eigenvalue weighted by molar-refractivity contribution is 5.35. The fourth-order valence-corrected chi connectivity index (χ4v) is 1.14. The molecule has 13 heavy (non-hydrogen) atoms. The van der Waals surface area contributed by atoms with Gasteiger partial charge in [0.15, 0.2) is 5.88 Å². The summed E-state index contributed by atoms with van der Waals surface area (Å²) in [4.78, 5) is 1.96. The monoisotopic (exact) mass is 183 g/mol. The molecule has 0 spiro atoms. The lowest BCUT2D eigenvalue weighted by Gasteiger charge is -2.19. The van der Waals surface area contributed by atoms with E-state index in [9.17, 15) is 0 Å². The van der Waals surface area contributed by atoms with E-state index in [4.69, 9.17) is 15.9 Å². The number of aryl methyl sites for hydroxylation is 1. The van der Waals surface area contributed by atoms with Gasteiger partial charge in [-0.3, -0.25) is 0 Å². The fraction of sp³-hybridized carbons (Fsp3) is 0.556. The largest absolute Gasteiger partial charge is 0.446 e. The van der Waals surface area contributed by atoms with Crippen LogP contribution >= 0.6 is 0 Å². The molecule has 0 bridgehead atoms. The van der Waals surface area contributed by atoms with E-state index in [0.29, 0.717) is 13.1 Å². The highest BCUT2D eigenvalue weighted by atomic mass is 16.4. The molecule has 0 aliphatic rings. The molecule has 4 N–H and O–H groups in total. The Labute approximate surface area is 78.5 Å². The molecule has 1 aromatic rings. The van der Waals surface area contributed by atoms with Crippen LogP contribution in [0.25, 0.3) is 0 Å². The van der Waals surface area contributed by atoms with Crippen molar-refractivity contribution in [2.75, 3.05) is 25.0 Å². The molecule has 74 valence electrons. The quantitative estimate of drug-likeness (QED) is 0.705. The summed E-state index contributed by atoms with van der Waals surface area (Å²) in [6.45, 7) is 3.12. The molecular formula is C9H17N3O. The van der Waals surface area contributed by atoms with Gasteiger partial charge < -0.3 is 20.8 Å². The second kappa shape index (κ2) is 4.30. The number of furan rings is 1. The van der Waals surface area contributed by atoms with Crippen LogP contribution in [0.2, 0.25) is 0 Å². The van der Waals surface area contributed by atoms with Crippen molar-refractivity contribution in [2.24, 2.45) is 11.5 Å². The molecule has 4 heteroatoms. The normalized spacial score (nSPS) is 12.9. The predicted molar refractivity (Wildman–Crippen MR) is 53.7 cm³/mol. The van der Waals surface area contributed by atoms with Crippen LogP contribution in [0.15, 0.2) is 16.5 Å². The van der Waals surface area contributed by atoms with Crippen LogP contribution in [-0.2, 0) is 0 Å². The summed E-state index contributed by atoms with van der Waals surface area (Å²) in [5.74, 6) is 1.74. The number of hydrogen-bond donors (Lipinski definition) is 2. The smallest absolute Gasteiger partial charge is 0.195 e. The third kappa shape index (κ3) is 2.75. The van der Waals surface area contributed by atoms with Crippen molar-refractivity contribution in [1.29, 1.82) is 0 Å². The molecule has 1 rings (SSSR count). The molecule has 1 heterocycles. The minimum atomic E-state index is -0.00425. The molecule has 0 aromatic carbocycles. The van der Waals surface area contributed by atoms with Crippen LogP contribution in [-0.4, -0.2) is 26.2 Å². The van der Waals surface area contributed by atoms with Gasteiger partial charge in [-0.05, 0) is 13.0 Å². The maximum Gasteiger partial charge on any atom is 0.195 e. The van der Waals surface area contributed by atoms with Gasteiger partial charge in [0.1, 0.15) is 5.76 Å². The molecule has 0 saturated heterocycles. The van der Waals surface area contributed by atoms with Gasteiger partial charge in [0.25, 0.3) is 0 Å². The van der Waals surface area contributed by atoms with Gasteiger partial charge in [0.2, 0.25) is 0 Å². The van der Waals surface area contributed by atoms with E-state index in [1.165, 1.54) is 0 Å². The molecule has 0 aliphatic heterocycles. The minimum Gasteiger partial charge on any atom is -0.446 e. The molecular weight excluding hydrogens is 166 g/mol. The number of nitrogens with two attached hydrogens (primary N) is 2. The Balaban J connectivity index is 2.53. The van der Waals surface area contributed by atoms with Crippen molar-refractivity contribution in [2.45, 2.75) is 13.0 Å². The summed E-state index contributed by atoms with van der Waals surface area (Å²) in [6, 6.07) is 3.86. The zero-order chi connectivity index (χ0) is 9.84. The van der Waals surface area contributed by atoms with Gasteiger partial charge >= 0.3 is 0 Å². The summed E-state index contributed by atoms with van der Waals surface area (Å²) in [7, 11) is 1.94. The van der Waals surface area contributed by atoms with E-state index in [1.807, 2.05) is 31.0 Å². The topological polar surface area (TPSA) is 68.4 Å². The molecule has 0 amide bonds. The molecule has 0 saturated carbocycles. The lowest BCUT2D eigenvalue weighted by Crippen LogP contribution is -2.40. The van der Waals surface area contributed by atoms with E-state index in [0.717, 1.165) is 11.6 Å². The van der Waals surface area contributed by atoms with Crippen molar-refractivity contribution >= 4 is 5.88 Å². The summed E-state index contributed by atoms with van der Waals surface area (Å²) in [5.41, 5.74) is 11.1. The van der Waals surface area contributed by atoms with Crippen LogP contribution in [0, 0.1) is 6.92 Å². The Morgan fingerprint density at radius 2 is 2.23 bits per heavy atom. The lowest BCUT2D eigenvalue weighted by molar-refractivity contribution is 0.517. The second-order valence-corrected chi connectivity index (χ2v) is 3.26. The molecule has 0 aliphatic carbocycles. The zero-order valence-electron chi connectivity index (χ0n) is 8.16. The minimum absolute atomic E-state index is 0.00425. The number of nitrogens with zero attached hydrogens (tertiary/aromatic N) is 1. The molecule has 0 fully saturated rings. The Hall–Kier alpha value is -1.00. The van der Waals surface area contributed by atoms with Gasteiger partial charge in [-0.25, -0.2) is 0 Å². The van der Waals surface area contributed by atoms with Crippen LogP contribution in [0.4, 0.5) is 5.88 Å². The first-order valence-corrected chi connectivity index (χ1v) is 4.36. The maximum atomic E-state index is 5.71. The molecule has 0 radical (unpaired) electrons. The lowest BCUT2D eigenvalue weighted by atomic mass is 10.3. The third-order valence-electron chi connectivity index (χ3n) is 1.91. The average molecular weight is 183 g/mol. The molecule has 1 atom stereocenters. The number of hydrogen-bond acceptors (Lipinski definition) is 4. The van der Waals surface area contributed by atoms with E-state index in [-0.39, 0.29) is 6.04 Å². The van der Waals surface area contributed by atoms with Crippen molar-refractivity contribution in [3.05, 3.63) is 17.9 Å². The van der Waals surface area contributed by atoms with Crippen LogP contribution in [0.1, 0.15) is 5.76 Å². The van der Waals surface area contributed by atoms with Crippen molar-refractivity contribution in [3.63, 3.8) is 0 Å². The first-order chi connectivity index (χ1) is 6.13. The maximum absolute atomic E-state index is 5.71. The zero-order valence-corrected chi connectivity index (χ0v) is 8.16. The van der Waals surface area contributed by atoms with Gasteiger partial charge in [0, 0.05) is 32.2 Å². The van der Waals surface area contributed by atoms with Crippen molar-refractivity contribution < 1.29 is 4.42 Å². The molecule has 4 nitrogen and oxygen atoms in total. The van der Waals surface area contributed by atoms with E-state index >= 15 is 0 Å². The van der Waals surface area contributed by atoms with Gasteiger partial charge in [-0.1, -0.05) is 0 Å². The third-order valence-corrected chi connectivity index (χ3v) is 1.91. The summed E-state index contributed by atoms with van der Waals surface area (Å²) in [6.07, 6.45) is 0. The van der Waals surface area contributed by atoms with Crippen LogP contribution in [0.3, 0.4) is 0 Å². The standard InChI is InChI=1S/C9H17N3O/c1-7-3-4-9(13-7)12(2)6-8(11)5-10/h3-4,8H,5-6,10-11H2,1-2H3. The Bertz CT molecular complexity index is 259. The van der Waals surface area contributed by atoms with Crippen LogP contribution in [0.5, 0.6) is 0 Å².